The zero-order valence-corrected chi connectivity index (χ0v) is 21.1. The summed E-state index contributed by atoms with van der Waals surface area (Å²) >= 11 is 0. The maximum Gasteiger partial charge on any atom is 1.00 e. The van der Waals surface area contributed by atoms with Gasteiger partial charge >= 0.3 is 57.9 Å². The average molecular weight is 483 g/mol. The first-order valence-corrected chi connectivity index (χ1v) is 11.2. The maximum absolute atomic E-state index is 11.6. The number of carboxylic acid groups (broad SMARTS) is 2. The largest absolute Gasteiger partial charge is 1.00 e. The number of rotatable bonds is 16. The van der Waals surface area contributed by atoms with Crippen molar-refractivity contribution in [2.24, 2.45) is 0 Å². The van der Waals surface area contributed by atoms with Crippen molar-refractivity contribution in [1.29, 1.82) is 0 Å². The molecule has 0 aliphatic heterocycles. The van der Waals surface area contributed by atoms with Crippen LogP contribution >= 0.6 is 0 Å². The van der Waals surface area contributed by atoms with Crippen LogP contribution in [0.4, 0.5) is 0 Å². The van der Waals surface area contributed by atoms with Gasteiger partial charge in [-0.15, -0.1) is 0 Å². The third-order valence-electron chi connectivity index (χ3n) is 4.04. The summed E-state index contributed by atoms with van der Waals surface area (Å²) in [6, 6.07) is 0. The van der Waals surface area contributed by atoms with Gasteiger partial charge in [0.15, 0.2) is 5.60 Å². The van der Waals surface area contributed by atoms with Gasteiger partial charge in [-0.2, -0.15) is 8.42 Å². The van der Waals surface area contributed by atoms with Crippen LogP contribution < -0.4 is 29.6 Å². The molecule has 0 aliphatic rings. The minimum Gasteiger partial charge on any atom is -1.00 e. The molecule has 180 valence electrons. The van der Waals surface area contributed by atoms with Crippen LogP contribution in [0.5, 0.6) is 0 Å². The summed E-state index contributed by atoms with van der Waals surface area (Å²) in [5.41, 5.74) is -2.62. The van der Waals surface area contributed by atoms with Gasteiger partial charge in [0, 0.05) is 0 Å². The van der Waals surface area contributed by atoms with Crippen LogP contribution in [0.3, 0.4) is 0 Å². The number of aliphatic carboxylic acids is 2. The van der Waals surface area contributed by atoms with E-state index in [1.54, 1.807) is 0 Å². The molecular formula is C18H35NaO11S. The molecule has 31 heavy (non-hydrogen) atoms. The molecule has 1 atom stereocenters. The monoisotopic (exact) mass is 482 g/mol. The summed E-state index contributed by atoms with van der Waals surface area (Å²) in [6.45, 7) is 2.35. The Morgan fingerprint density at radius 1 is 0.839 bits per heavy atom. The molecule has 0 fully saturated rings. The number of hydrogen-bond acceptors (Lipinski definition) is 7. The van der Waals surface area contributed by atoms with Crippen molar-refractivity contribution >= 4 is 28.3 Å². The first kappa shape index (κ1) is 34.8. The molecule has 1 unspecified atom stereocenters. The molecule has 13 heteroatoms. The Morgan fingerprint density at radius 3 is 1.58 bits per heavy atom. The van der Waals surface area contributed by atoms with Crippen molar-refractivity contribution in [2.45, 2.75) is 89.6 Å². The third kappa shape index (κ3) is 27.2. The number of carboxylic acids is 2. The van der Waals surface area contributed by atoms with E-state index in [-0.39, 0.29) is 37.6 Å². The number of ether oxygens (including phenoxy) is 1. The van der Waals surface area contributed by atoms with Gasteiger partial charge in [-0.05, 0) is 6.42 Å². The summed E-state index contributed by atoms with van der Waals surface area (Å²) in [7, 11) is -4.67. The van der Waals surface area contributed by atoms with Gasteiger partial charge in [0.05, 0.1) is 19.4 Å². The SMILES string of the molecule is CCCCCCCCCCCCOC(=O)CC(O)(CC(=O)O)C(=O)O.O=S(=O)(O)O.[H-].[Na+]. The van der Waals surface area contributed by atoms with Crippen LogP contribution in [0.15, 0.2) is 0 Å². The van der Waals surface area contributed by atoms with Crippen molar-refractivity contribution in [1.82, 2.24) is 0 Å². The van der Waals surface area contributed by atoms with Crippen molar-refractivity contribution in [2.75, 3.05) is 6.61 Å². The van der Waals surface area contributed by atoms with Crippen molar-refractivity contribution in [3.63, 3.8) is 0 Å². The topological polar surface area (TPSA) is 196 Å². The Hall–Kier alpha value is -0.760. The van der Waals surface area contributed by atoms with E-state index in [0.717, 1.165) is 19.3 Å². The molecule has 0 aromatic rings. The second kappa shape index (κ2) is 19.9. The Morgan fingerprint density at radius 2 is 1.23 bits per heavy atom. The number of aliphatic hydroxyl groups is 1. The standard InChI is InChI=1S/C18H32O7.Na.H2O4S.H/c1-2-3-4-5-6-7-8-9-10-11-12-25-16(21)14-18(24,17(22)23)13-15(19)20;;1-5(2,3)4;/h24H,2-14H2,1H3,(H,19,20)(H,22,23);;(H2,1,2,3,4);/q;+1;;-1. The van der Waals surface area contributed by atoms with Crippen LogP contribution in [-0.2, 0) is 29.5 Å². The van der Waals surface area contributed by atoms with E-state index in [4.69, 9.17) is 32.5 Å². The third-order valence-corrected chi connectivity index (χ3v) is 4.04. The fourth-order valence-corrected chi connectivity index (χ4v) is 2.53. The van der Waals surface area contributed by atoms with E-state index in [0.29, 0.717) is 6.42 Å². The first-order valence-electron chi connectivity index (χ1n) is 9.85. The Labute approximate surface area is 206 Å². The fraction of sp³-hybridized carbons (Fsp3) is 0.833. The Bertz CT molecular complexity index is 608. The normalized spacial score (nSPS) is 12.5. The molecule has 0 aromatic carbocycles. The summed E-state index contributed by atoms with van der Waals surface area (Å²) in [5, 5.41) is 27.2. The smallest absolute Gasteiger partial charge is 1.00 e. The second-order valence-corrected chi connectivity index (χ2v) is 7.83. The van der Waals surface area contributed by atoms with Crippen LogP contribution in [0, 0.1) is 0 Å². The number of carbonyl (C=O) groups is 3. The molecule has 5 N–H and O–H groups in total. The minimum atomic E-state index is -4.67. The maximum atomic E-state index is 11.6. The molecule has 0 spiro atoms. The molecule has 0 amide bonds. The number of unbranched alkanes of at least 4 members (excludes halogenated alkanes) is 9. The van der Waals surface area contributed by atoms with E-state index >= 15 is 0 Å². The molecule has 0 aromatic heterocycles. The van der Waals surface area contributed by atoms with Crippen LogP contribution in [0.2, 0.25) is 0 Å². The second-order valence-electron chi connectivity index (χ2n) is 6.93. The van der Waals surface area contributed by atoms with Crippen molar-refractivity contribution < 1.29 is 82.9 Å². The predicted octanol–water partition coefficient (Wildman–Crippen LogP) is -0.405. The summed E-state index contributed by atoms with van der Waals surface area (Å²) < 4.78 is 36.5. The average Bonchev–Trinajstić information content (AvgIpc) is 2.57. The zero-order valence-electron chi connectivity index (χ0n) is 19.3. The van der Waals surface area contributed by atoms with E-state index < -0.39 is 46.7 Å². The summed E-state index contributed by atoms with van der Waals surface area (Å²) in [6.07, 6.45) is 9.49. The van der Waals surface area contributed by atoms with Crippen LogP contribution in [0.1, 0.15) is 85.4 Å². The molecule has 0 heterocycles. The Balaban J connectivity index is -0.000000501. The van der Waals surface area contributed by atoms with E-state index in [2.05, 4.69) is 6.92 Å². The van der Waals surface area contributed by atoms with Crippen LogP contribution in [0.25, 0.3) is 0 Å². The predicted molar refractivity (Wildman–Crippen MR) is 108 cm³/mol. The van der Waals surface area contributed by atoms with Gasteiger partial charge in [-0.1, -0.05) is 64.7 Å². The fourth-order valence-electron chi connectivity index (χ4n) is 2.53. The molecule has 0 saturated heterocycles. The number of esters is 1. The van der Waals surface area contributed by atoms with Crippen molar-refractivity contribution in [3.05, 3.63) is 0 Å². The number of carbonyl (C=O) groups excluding carboxylic acids is 1. The molecule has 0 rings (SSSR count). The van der Waals surface area contributed by atoms with Gasteiger partial charge < -0.3 is 21.5 Å². The van der Waals surface area contributed by atoms with E-state index in [1.807, 2.05) is 0 Å². The van der Waals surface area contributed by atoms with Gasteiger partial charge in [-0.25, -0.2) is 4.79 Å². The van der Waals surface area contributed by atoms with Gasteiger partial charge in [0.2, 0.25) is 0 Å². The van der Waals surface area contributed by atoms with Crippen molar-refractivity contribution in [3.8, 4) is 0 Å². The summed E-state index contributed by atoms with van der Waals surface area (Å²) in [5.74, 6) is -4.14. The van der Waals surface area contributed by atoms with E-state index in [9.17, 15) is 19.5 Å². The number of hydrogen-bond donors (Lipinski definition) is 5. The van der Waals surface area contributed by atoms with Gasteiger partial charge in [0.25, 0.3) is 0 Å². The molecule has 0 bridgehead atoms. The zero-order chi connectivity index (χ0) is 23.6. The van der Waals surface area contributed by atoms with Gasteiger partial charge in [-0.3, -0.25) is 18.7 Å². The molecule has 0 saturated carbocycles. The quantitative estimate of drug-likeness (QED) is 0.0830. The Kier molecular flexibility index (Phi) is 22.4. The first-order chi connectivity index (χ1) is 13.8. The van der Waals surface area contributed by atoms with Crippen LogP contribution in [-0.4, -0.2) is 63.0 Å². The molecule has 0 aliphatic carbocycles. The van der Waals surface area contributed by atoms with Gasteiger partial charge in [0.1, 0.15) is 0 Å². The molecule has 11 nitrogen and oxygen atoms in total. The minimum absolute atomic E-state index is 0. The molecular weight excluding hydrogens is 447 g/mol. The van der Waals surface area contributed by atoms with E-state index in [1.165, 1.54) is 38.5 Å². The summed E-state index contributed by atoms with van der Waals surface area (Å²) in [4.78, 5) is 33.1. The molecule has 0 radical (unpaired) electrons.